The highest BCUT2D eigenvalue weighted by Gasteiger charge is 2.24. The molecule has 0 saturated carbocycles. The van der Waals surface area contributed by atoms with Gasteiger partial charge in [0.2, 0.25) is 5.89 Å². The van der Waals surface area contributed by atoms with Gasteiger partial charge >= 0.3 is 0 Å². The van der Waals surface area contributed by atoms with Crippen molar-refractivity contribution in [3.05, 3.63) is 66.4 Å². The Morgan fingerprint density at radius 2 is 1.75 bits per heavy atom. The molecule has 28 heavy (non-hydrogen) atoms. The predicted molar refractivity (Wildman–Crippen MR) is 114 cm³/mol. The molecule has 148 valence electrons. The molecule has 1 amide bonds. The SMILES string of the molecule is CN(CC(C)(C)CN)C(=O)c1ccccc1-c1ncc(-c2ccccc2)o1.Cl. The molecule has 2 N–H and O–H groups in total. The molecular formula is C22H26ClN3O2. The van der Waals surface area contributed by atoms with Crippen LogP contribution in [0.4, 0.5) is 0 Å². The van der Waals surface area contributed by atoms with Crippen molar-refractivity contribution in [2.75, 3.05) is 20.1 Å². The summed E-state index contributed by atoms with van der Waals surface area (Å²) in [6, 6.07) is 17.2. The van der Waals surface area contributed by atoms with Crippen LogP contribution in [0.1, 0.15) is 24.2 Å². The normalized spacial score (nSPS) is 11.0. The molecule has 3 rings (SSSR count). The highest BCUT2D eigenvalue weighted by molar-refractivity contribution is 5.99. The molecule has 5 nitrogen and oxygen atoms in total. The lowest BCUT2D eigenvalue weighted by molar-refractivity contribution is 0.0741. The summed E-state index contributed by atoms with van der Waals surface area (Å²) in [5.74, 6) is 1.03. The summed E-state index contributed by atoms with van der Waals surface area (Å²) < 4.78 is 5.95. The van der Waals surface area contributed by atoms with Crippen LogP contribution in [0.15, 0.2) is 65.2 Å². The Hall–Kier alpha value is -2.63. The predicted octanol–water partition coefficient (Wildman–Crippen LogP) is 4.49. The zero-order chi connectivity index (χ0) is 19.4. The van der Waals surface area contributed by atoms with Crippen LogP contribution in [0.5, 0.6) is 0 Å². The van der Waals surface area contributed by atoms with Gasteiger partial charge in [-0.25, -0.2) is 4.98 Å². The summed E-state index contributed by atoms with van der Waals surface area (Å²) >= 11 is 0. The van der Waals surface area contributed by atoms with Gasteiger partial charge in [0.05, 0.1) is 11.8 Å². The third-order valence-electron chi connectivity index (χ3n) is 4.52. The van der Waals surface area contributed by atoms with Gasteiger partial charge in [0.1, 0.15) is 0 Å². The van der Waals surface area contributed by atoms with Gasteiger partial charge in [-0.2, -0.15) is 0 Å². The second-order valence-electron chi connectivity index (χ2n) is 7.47. The highest BCUT2D eigenvalue weighted by Crippen LogP contribution is 2.29. The van der Waals surface area contributed by atoms with Crippen molar-refractivity contribution in [3.8, 4) is 22.8 Å². The van der Waals surface area contributed by atoms with Gasteiger partial charge in [-0.3, -0.25) is 4.79 Å². The standard InChI is InChI=1S/C22H25N3O2.ClH/c1-22(2,14-23)15-25(3)21(26)18-12-8-7-11-17(18)20-24-13-19(27-20)16-9-5-4-6-10-16;/h4-13H,14-15,23H2,1-3H3;1H. The van der Waals surface area contributed by atoms with Crippen molar-refractivity contribution in [1.29, 1.82) is 0 Å². The summed E-state index contributed by atoms with van der Waals surface area (Å²) in [6.07, 6.45) is 1.69. The lowest BCUT2D eigenvalue weighted by atomic mass is 9.93. The maximum Gasteiger partial charge on any atom is 0.254 e. The van der Waals surface area contributed by atoms with E-state index in [0.717, 1.165) is 5.56 Å². The summed E-state index contributed by atoms with van der Waals surface area (Å²) in [7, 11) is 1.79. The smallest absolute Gasteiger partial charge is 0.254 e. The van der Waals surface area contributed by atoms with E-state index in [-0.39, 0.29) is 23.7 Å². The van der Waals surface area contributed by atoms with E-state index < -0.39 is 0 Å². The molecule has 3 aromatic rings. The molecule has 1 heterocycles. The first-order valence-corrected chi connectivity index (χ1v) is 8.97. The first-order valence-electron chi connectivity index (χ1n) is 8.97. The van der Waals surface area contributed by atoms with Crippen molar-refractivity contribution in [3.63, 3.8) is 0 Å². The lowest BCUT2D eigenvalue weighted by Gasteiger charge is -2.29. The second-order valence-corrected chi connectivity index (χ2v) is 7.47. The van der Waals surface area contributed by atoms with Crippen LogP contribution in [0, 0.1) is 5.41 Å². The third-order valence-corrected chi connectivity index (χ3v) is 4.52. The van der Waals surface area contributed by atoms with Crippen LogP contribution in [-0.2, 0) is 0 Å². The largest absolute Gasteiger partial charge is 0.436 e. The Bertz CT molecular complexity index is 922. The van der Waals surface area contributed by atoms with Crippen LogP contribution in [-0.4, -0.2) is 35.9 Å². The van der Waals surface area contributed by atoms with Gasteiger partial charge < -0.3 is 15.1 Å². The summed E-state index contributed by atoms with van der Waals surface area (Å²) in [6.45, 7) is 5.16. The number of hydrogen-bond acceptors (Lipinski definition) is 4. The molecule has 0 aliphatic heterocycles. The zero-order valence-corrected chi connectivity index (χ0v) is 17.2. The number of oxazole rings is 1. The molecule has 0 radical (unpaired) electrons. The van der Waals surface area contributed by atoms with Gasteiger partial charge in [0.15, 0.2) is 5.76 Å². The Morgan fingerprint density at radius 1 is 1.11 bits per heavy atom. The number of nitrogens with two attached hydrogens (primary N) is 1. The molecule has 6 heteroatoms. The van der Waals surface area contributed by atoms with E-state index in [1.54, 1.807) is 24.2 Å². The Balaban J connectivity index is 0.00000280. The second kappa shape index (κ2) is 9.04. The van der Waals surface area contributed by atoms with E-state index in [4.69, 9.17) is 10.2 Å². The molecule has 2 aromatic carbocycles. The van der Waals surface area contributed by atoms with E-state index in [1.807, 2.05) is 62.4 Å². The van der Waals surface area contributed by atoms with Crippen molar-refractivity contribution < 1.29 is 9.21 Å². The molecule has 0 atom stereocenters. The Labute approximate surface area is 172 Å². The molecule has 0 unspecified atom stereocenters. The van der Waals surface area contributed by atoms with Crippen LogP contribution in [0.2, 0.25) is 0 Å². The quantitative estimate of drug-likeness (QED) is 0.662. The van der Waals surface area contributed by atoms with Crippen LogP contribution in [0.25, 0.3) is 22.8 Å². The average molecular weight is 400 g/mol. The lowest BCUT2D eigenvalue weighted by Crippen LogP contribution is -2.39. The van der Waals surface area contributed by atoms with Crippen LogP contribution >= 0.6 is 12.4 Å². The third kappa shape index (κ3) is 4.80. The number of rotatable bonds is 6. The first kappa shape index (κ1) is 21.7. The number of benzene rings is 2. The number of nitrogens with zero attached hydrogens (tertiary/aromatic N) is 2. The van der Waals surface area contributed by atoms with Gasteiger partial charge in [-0.1, -0.05) is 56.3 Å². The van der Waals surface area contributed by atoms with Gasteiger partial charge in [-0.15, -0.1) is 12.4 Å². The molecule has 0 fully saturated rings. The van der Waals surface area contributed by atoms with E-state index in [1.165, 1.54) is 0 Å². The fraction of sp³-hybridized carbons (Fsp3) is 0.273. The van der Waals surface area contributed by atoms with E-state index >= 15 is 0 Å². The minimum Gasteiger partial charge on any atom is -0.436 e. The number of carbonyl (C=O) groups is 1. The molecule has 1 aromatic heterocycles. The highest BCUT2D eigenvalue weighted by atomic mass is 35.5. The molecule has 0 aliphatic rings. The minimum absolute atomic E-state index is 0. The number of hydrogen-bond donors (Lipinski definition) is 1. The van der Waals surface area contributed by atoms with E-state index in [2.05, 4.69) is 4.98 Å². The number of carbonyl (C=O) groups excluding carboxylic acids is 1. The number of aromatic nitrogens is 1. The number of halogens is 1. The Morgan fingerprint density at radius 3 is 2.43 bits per heavy atom. The maximum atomic E-state index is 13.0. The van der Waals surface area contributed by atoms with Crippen LogP contribution in [0.3, 0.4) is 0 Å². The average Bonchev–Trinajstić information content (AvgIpc) is 3.18. The minimum atomic E-state index is -0.150. The van der Waals surface area contributed by atoms with Gasteiger partial charge in [0, 0.05) is 24.7 Å². The van der Waals surface area contributed by atoms with E-state index in [9.17, 15) is 4.79 Å². The van der Waals surface area contributed by atoms with Crippen molar-refractivity contribution in [2.24, 2.45) is 11.1 Å². The molecule has 0 saturated heterocycles. The van der Waals surface area contributed by atoms with Gasteiger partial charge in [-0.05, 0) is 24.1 Å². The summed E-state index contributed by atoms with van der Waals surface area (Å²) in [5.41, 5.74) is 7.85. The molecule has 0 spiro atoms. The first-order chi connectivity index (χ1) is 12.9. The fourth-order valence-electron chi connectivity index (χ4n) is 2.97. The topological polar surface area (TPSA) is 72.4 Å². The monoisotopic (exact) mass is 399 g/mol. The molecule has 0 bridgehead atoms. The zero-order valence-electron chi connectivity index (χ0n) is 16.4. The summed E-state index contributed by atoms with van der Waals surface area (Å²) in [5, 5.41) is 0. The van der Waals surface area contributed by atoms with Crippen molar-refractivity contribution in [1.82, 2.24) is 9.88 Å². The van der Waals surface area contributed by atoms with E-state index in [0.29, 0.717) is 35.9 Å². The maximum absolute atomic E-state index is 13.0. The molecule has 0 aliphatic carbocycles. The van der Waals surface area contributed by atoms with Crippen molar-refractivity contribution >= 4 is 18.3 Å². The van der Waals surface area contributed by atoms with Crippen molar-refractivity contribution in [2.45, 2.75) is 13.8 Å². The Kier molecular flexibility index (Phi) is 7.00. The fourth-order valence-corrected chi connectivity index (χ4v) is 2.97. The van der Waals surface area contributed by atoms with Gasteiger partial charge in [0.25, 0.3) is 5.91 Å². The summed E-state index contributed by atoms with van der Waals surface area (Å²) in [4.78, 5) is 19.1. The molecular weight excluding hydrogens is 374 g/mol. The number of amides is 1. The van der Waals surface area contributed by atoms with Crippen LogP contribution < -0.4 is 5.73 Å².